The van der Waals surface area contributed by atoms with Crippen LogP contribution in [0.3, 0.4) is 0 Å². The molecule has 0 amide bonds. The Morgan fingerprint density at radius 2 is 2.00 bits per heavy atom. The van der Waals surface area contributed by atoms with Gasteiger partial charge in [-0.15, -0.1) is 0 Å². The summed E-state index contributed by atoms with van der Waals surface area (Å²) in [6, 6.07) is 13.4. The molecule has 1 aromatic heterocycles. The van der Waals surface area contributed by atoms with Crippen molar-refractivity contribution in [2.75, 3.05) is 13.2 Å². The first-order valence-corrected chi connectivity index (χ1v) is 7.28. The first kappa shape index (κ1) is 13.3. The summed E-state index contributed by atoms with van der Waals surface area (Å²) in [5.74, 6) is 0. The molecule has 3 rings (SSSR count). The molecule has 20 heavy (non-hydrogen) atoms. The molecule has 1 aliphatic heterocycles. The molecule has 1 unspecified atom stereocenters. The van der Waals surface area contributed by atoms with Gasteiger partial charge in [-0.2, -0.15) is 5.10 Å². The van der Waals surface area contributed by atoms with Crippen LogP contribution in [0.1, 0.15) is 24.4 Å². The molecule has 1 atom stereocenters. The number of ether oxygens (including phenoxy) is 1. The zero-order chi connectivity index (χ0) is 13.6. The van der Waals surface area contributed by atoms with E-state index in [1.165, 1.54) is 5.56 Å². The molecule has 0 aliphatic carbocycles. The van der Waals surface area contributed by atoms with Gasteiger partial charge in [0.25, 0.3) is 0 Å². The highest BCUT2D eigenvalue weighted by atomic mass is 16.5. The smallest absolute Gasteiger partial charge is 0.0604 e. The number of nitrogens with zero attached hydrogens (tertiary/aromatic N) is 2. The zero-order valence-electron chi connectivity index (χ0n) is 11.6. The van der Waals surface area contributed by atoms with Crippen molar-refractivity contribution in [3.05, 3.63) is 54.4 Å². The van der Waals surface area contributed by atoms with Crippen molar-refractivity contribution in [1.82, 2.24) is 15.1 Å². The number of hydrogen-bond donors (Lipinski definition) is 1. The molecule has 1 saturated heterocycles. The van der Waals surface area contributed by atoms with Crippen LogP contribution >= 0.6 is 0 Å². The van der Waals surface area contributed by atoms with E-state index in [1.54, 1.807) is 0 Å². The lowest BCUT2D eigenvalue weighted by Gasteiger charge is -2.29. The second-order valence-electron chi connectivity index (χ2n) is 5.24. The van der Waals surface area contributed by atoms with Crippen molar-refractivity contribution in [2.24, 2.45) is 0 Å². The van der Waals surface area contributed by atoms with Gasteiger partial charge in [0.15, 0.2) is 0 Å². The van der Waals surface area contributed by atoms with Gasteiger partial charge in [-0.1, -0.05) is 30.3 Å². The number of rotatable bonds is 5. The summed E-state index contributed by atoms with van der Waals surface area (Å²) in [6.07, 6.45) is 6.02. The molecule has 1 N–H and O–H groups in total. The van der Waals surface area contributed by atoms with Gasteiger partial charge in [0.1, 0.15) is 0 Å². The third kappa shape index (κ3) is 3.46. The Labute approximate surface area is 119 Å². The van der Waals surface area contributed by atoms with Crippen LogP contribution in [-0.4, -0.2) is 29.0 Å². The minimum Gasteiger partial charge on any atom is -0.381 e. The lowest BCUT2D eigenvalue weighted by Crippen LogP contribution is -2.39. The molecule has 1 fully saturated rings. The Balaban J connectivity index is 1.72. The topological polar surface area (TPSA) is 39.1 Å². The van der Waals surface area contributed by atoms with E-state index in [0.717, 1.165) is 32.6 Å². The van der Waals surface area contributed by atoms with Crippen LogP contribution in [0, 0.1) is 0 Å². The van der Waals surface area contributed by atoms with Gasteiger partial charge in [-0.25, -0.2) is 0 Å². The zero-order valence-corrected chi connectivity index (χ0v) is 11.6. The largest absolute Gasteiger partial charge is 0.381 e. The SMILES string of the molecule is c1ccc(C(Cn2cccn2)NC2CCOCC2)cc1. The summed E-state index contributed by atoms with van der Waals surface area (Å²) in [7, 11) is 0. The monoisotopic (exact) mass is 271 g/mol. The van der Waals surface area contributed by atoms with Crippen molar-refractivity contribution in [3.8, 4) is 0 Å². The van der Waals surface area contributed by atoms with Crippen LogP contribution in [0.15, 0.2) is 48.8 Å². The van der Waals surface area contributed by atoms with E-state index in [-0.39, 0.29) is 0 Å². The summed E-state index contributed by atoms with van der Waals surface area (Å²) in [5.41, 5.74) is 1.31. The molecule has 0 bridgehead atoms. The molecule has 0 saturated carbocycles. The Kier molecular flexibility index (Phi) is 4.46. The van der Waals surface area contributed by atoms with Gasteiger partial charge in [-0.3, -0.25) is 4.68 Å². The summed E-state index contributed by atoms with van der Waals surface area (Å²) < 4.78 is 7.43. The van der Waals surface area contributed by atoms with Gasteiger partial charge in [0, 0.05) is 31.6 Å². The number of aromatic nitrogens is 2. The molecule has 4 heteroatoms. The van der Waals surface area contributed by atoms with E-state index >= 15 is 0 Å². The Morgan fingerprint density at radius 3 is 2.70 bits per heavy atom. The van der Waals surface area contributed by atoms with E-state index in [9.17, 15) is 0 Å². The van der Waals surface area contributed by atoms with E-state index in [4.69, 9.17) is 4.74 Å². The molecule has 0 radical (unpaired) electrons. The van der Waals surface area contributed by atoms with E-state index in [1.807, 2.05) is 23.1 Å². The highest BCUT2D eigenvalue weighted by Gasteiger charge is 2.19. The maximum Gasteiger partial charge on any atom is 0.0604 e. The van der Waals surface area contributed by atoms with Crippen LogP contribution < -0.4 is 5.32 Å². The van der Waals surface area contributed by atoms with Gasteiger partial charge in [0.2, 0.25) is 0 Å². The van der Waals surface area contributed by atoms with Gasteiger partial charge < -0.3 is 10.1 Å². The normalized spacial score (nSPS) is 18.0. The summed E-state index contributed by atoms with van der Waals surface area (Å²) >= 11 is 0. The predicted molar refractivity (Wildman–Crippen MR) is 78.4 cm³/mol. The quantitative estimate of drug-likeness (QED) is 0.907. The summed E-state index contributed by atoms with van der Waals surface area (Å²) in [4.78, 5) is 0. The Hall–Kier alpha value is -1.65. The maximum absolute atomic E-state index is 5.44. The van der Waals surface area contributed by atoms with Crippen molar-refractivity contribution in [3.63, 3.8) is 0 Å². The summed E-state index contributed by atoms with van der Waals surface area (Å²) in [5, 5.41) is 8.10. The van der Waals surface area contributed by atoms with E-state index in [2.05, 4.69) is 40.7 Å². The van der Waals surface area contributed by atoms with Crippen LogP contribution in [0.5, 0.6) is 0 Å². The fourth-order valence-electron chi connectivity index (χ4n) is 2.68. The van der Waals surface area contributed by atoms with E-state index < -0.39 is 0 Å². The van der Waals surface area contributed by atoms with Crippen molar-refractivity contribution < 1.29 is 4.74 Å². The third-order valence-corrected chi connectivity index (χ3v) is 3.79. The van der Waals surface area contributed by atoms with Gasteiger partial charge >= 0.3 is 0 Å². The molecule has 2 heterocycles. The molecule has 1 aliphatic rings. The average molecular weight is 271 g/mol. The highest BCUT2D eigenvalue weighted by Crippen LogP contribution is 2.18. The van der Waals surface area contributed by atoms with E-state index in [0.29, 0.717) is 12.1 Å². The molecule has 106 valence electrons. The van der Waals surface area contributed by atoms with Crippen molar-refractivity contribution in [1.29, 1.82) is 0 Å². The lowest BCUT2D eigenvalue weighted by molar-refractivity contribution is 0.0739. The average Bonchev–Trinajstić information content (AvgIpc) is 3.02. The lowest BCUT2D eigenvalue weighted by atomic mass is 10.0. The second-order valence-corrected chi connectivity index (χ2v) is 5.24. The number of hydrogen-bond acceptors (Lipinski definition) is 3. The predicted octanol–water partition coefficient (Wildman–Crippen LogP) is 2.39. The Bertz CT molecular complexity index is 492. The Morgan fingerprint density at radius 1 is 1.20 bits per heavy atom. The molecular formula is C16H21N3O. The fourth-order valence-corrected chi connectivity index (χ4v) is 2.68. The highest BCUT2D eigenvalue weighted by molar-refractivity contribution is 5.19. The molecule has 4 nitrogen and oxygen atoms in total. The molecule has 0 spiro atoms. The molecule has 2 aromatic rings. The molecular weight excluding hydrogens is 250 g/mol. The molecule has 1 aromatic carbocycles. The standard InChI is InChI=1S/C16H21N3O/c1-2-5-14(6-3-1)16(13-19-10-4-9-17-19)18-15-7-11-20-12-8-15/h1-6,9-10,15-16,18H,7-8,11-13H2. The van der Waals surface area contributed by atoms with Crippen LogP contribution in [0.2, 0.25) is 0 Å². The first-order chi connectivity index (χ1) is 9.92. The van der Waals surface area contributed by atoms with Gasteiger partial charge in [-0.05, 0) is 24.5 Å². The van der Waals surface area contributed by atoms with Crippen LogP contribution in [-0.2, 0) is 11.3 Å². The minimum atomic E-state index is 0.291. The fraction of sp³-hybridized carbons (Fsp3) is 0.438. The van der Waals surface area contributed by atoms with Crippen molar-refractivity contribution in [2.45, 2.75) is 31.5 Å². The van der Waals surface area contributed by atoms with Crippen LogP contribution in [0.25, 0.3) is 0 Å². The number of benzene rings is 1. The maximum atomic E-state index is 5.44. The van der Waals surface area contributed by atoms with Crippen LogP contribution in [0.4, 0.5) is 0 Å². The number of nitrogens with one attached hydrogen (secondary N) is 1. The summed E-state index contributed by atoms with van der Waals surface area (Å²) in [6.45, 7) is 2.58. The second kappa shape index (κ2) is 6.68. The minimum absolute atomic E-state index is 0.291. The third-order valence-electron chi connectivity index (χ3n) is 3.79. The van der Waals surface area contributed by atoms with Crippen molar-refractivity contribution >= 4 is 0 Å². The van der Waals surface area contributed by atoms with Gasteiger partial charge in [0.05, 0.1) is 12.6 Å². The first-order valence-electron chi connectivity index (χ1n) is 7.28.